The molecule has 1 aromatic carbocycles. The number of rotatable bonds is 5. The Morgan fingerprint density at radius 2 is 2.18 bits per heavy atom. The number of hydrogen-bond acceptors (Lipinski definition) is 5. The average molecular weight is 240 g/mol. The van der Waals surface area contributed by atoms with Crippen molar-refractivity contribution in [1.29, 1.82) is 0 Å². The Hall–Kier alpha value is -2.15. The quantitative estimate of drug-likeness (QED) is 0.580. The summed E-state index contributed by atoms with van der Waals surface area (Å²) in [5, 5.41) is 28.3. The molecule has 0 bridgehead atoms. The maximum absolute atomic E-state index is 10.8. The molecule has 0 aliphatic carbocycles. The summed E-state index contributed by atoms with van der Waals surface area (Å²) in [5.41, 5.74) is -0.327. The highest BCUT2D eigenvalue weighted by Crippen LogP contribution is 2.25. The van der Waals surface area contributed by atoms with E-state index in [1.165, 1.54) is 18.2 Å². The van der Waals surface area contributed by atoms with E-state index < -0.39 is 16.6 Å². The molecule has 0 radical (unpaired) electrons. The summed E-state index contributed by atoms with van der Waals surface area (Å²) in [6, 6.07) is 3.83. The molecule has 1 rings (SSSR count). The van der Waals surface area contributed by atoms with Crippen molar-refractivity contribution in [1.82, 2.24) is 0 Å². The minimum Gasteiger partial charge on any atom is -0.477 e. The van der Waals surface area contributed by atoms with Crippen molar-refractivity contribution < 1.29 is 19.9 Å². The van der Waals surface area contributed by atoms with Gasteiger partial charge in [-0.05, 0) is 12.1 Å². The summed E-state index contributed by atoms with van der Waals surface area (Å²) in [6.07, 6.45) is 0. The van der Waals surface area contributed by atoms with E-state index in [1.807, 2.05) is 0 Å². The van der Waals surface area contributed by atoms with Crippen LogP contribution in [0.25, 0.3) is 0 Å². The van der Waals surface area contributed by atoms with Gasteiger partial charge in [-0.25, -0.2) is 4.79 Å². The van der Waals surface area contributed by atoms with E-state index in [4.69, 9.17) is 10.2 Å². The third-order valence-corrected chi connectivity index (χ3v) is 2.28. The number of carbonyl (C=O) groups is 1. The van der Waals surface area contributed by atoms with Crippen molar-refractivity contribution in [3.8, 4) is 0 Å². The maximum Gasteiger partial charge on any atom is 0.342 e. The Morgan fingerprint density at radius 3 is 2.65 bits per heavy atom. The number of aliphatic hydroxyl groups is 1. The van der Waals surface area contributed by atoms with Gasteiger partial charge < -0.3 is 15.1 Å². The van der Waals surface area contributed by atoms with Crippen LogP contribution < -0.4 is 4.90 Å². The van der Waals surface area contributed by atoms with Gasteiger partial charge in [0.1, 0.15) is 5.56 Å². The monoisotopic (exact) mass is 240 g/mol. The summed E-state index contributed by atoms with van der Waals surface area (Å²) >= 11 is 0. The molecule has 0 saturated heterocycles. The van der Waals surface area contributed by atoms with Crippen LogP contribution in [0.2, 0.25) is 0 Å². The fourth-order valence-corrected chi connectivity index (χ4v) is 1.37. The lowest BCUT2D eigenvalue weighted by Gasteiger charge is -2.17. The lowest BCUT2D eigenvalue weighted by Crippen LogP contribution is -2.21. The third kappa shape index (κ3) is 2.91. The molecule has 0 aliphatic rings. The lowest BCUT2D eigenvalue weighted by atomic mass is 10.1. The first kappa shape index (κ1) is 12.9. The summed E-state index contributed by atoms with van der Waals surface area (Å²) in [4.78, 5) is 22.4. The largest absolute Gasteiger partial charge is 0.477 e. The predicted molar refractivity (Wildman–Crippen MR) is 60.4 cm³/mol. The molecule has 0 aliphatic heterocycles. The van der Waals surface area contributed by atoms with Gasteiger partial charge >= 0.3 is 5.97 Å². The topological polar surface area (TPSA) is 104 Å². The Labute approximate surface area is 97.1 Å². The zero-order valence-corrected chi connectivity index (χ0v) is 9.16. The molecule has 17 heavy (non-hydrogen) atoms. The average Bonchev–Trinajstić information content (AvgIpc) is 2.28. The summed E-state index contributed by atoms with van der Waals surface area (Å²) in [5.74, 6) is -1.34. The smallest absolute Gasteiger partial charge is 0.342 e. The van der Waals surface area contributed by atoms with E-state index in [9.17, 15) is 14.9 Å². The molecule has 7 nitrogen and oxygen atoms in total. The second-order valence-corrected chi connectivity index (χ2v) is 3.41. The Balaban J connectivity index is 3.18. The third-order valence-electron chi connectivity index (χ3n) is 2.28. The number of hydrogen-bond donors (Lipinski definition) is 2. The summed E-state index contributed by atoms with van der Waals surface area (Å²) < 4.78 is 0. The first-order chi connectivity index (χ1) is 7.97. The SMILES string of the molecule is CN(CCO)c1ccc(C(=O)O)c([N+](=O)[O-])c1. The second-order valence-electron chi connectivity index (χ2n) is 3.41. The first-order valence-electron chi connectivity index (χ1n) is 4.81. The molecule has 0 spiro atoms. The van der Waals surface area contributed by atoms with Gasteiger partial charge in [0.05, 0.1) is 11.5 Å². The van der Waals surface area contributed by atoms with Crippen LogP contribution in [-0.4, -0.2) is 41.3 Å². The summed E-state index contributed by atoms with van der Waals surface area (Å²) in [7, 11) is 1.65. The number of benzene rings is 1. The van der Waals surface area contributed by atoms with Gasteiger partial charge in [0.2, 0.25) is 0 Å². The Kier molecular flexibility index (Phi) is 4.00. The molecule has 0 unspecified atom stereocenters. The molecule has 7 heteroatoms. The normalized spacial score (nSPS) is 10.0. The standard InChI is InChI=1S/C10H12N2O5/c1-11(4-5-13)7-2-3-8(10(14)15)9(6-7)12(16)17/h2-3,6,13H,4-5H2,1H3,(H,14,15). The van der Waals surface area contributed by atoms with Crippen LogP contribution in [0.1, 0.15) is 10.4 Å². The minimum atomic E-state index is -1.34. The molecule has 0 atom stereocenters. The minimum absolute atomic E-state index is 0.0923. The van der Waals surface area contributed by atoms with E-state index in [2.05, 4.69) is 0 Å². The first-order valence-corrected chi connectivity index (χ1v) is 4.81. The number of likely N-dealkylation sites (N-methyl/N-ethyl adjacent to an activating group) is 1. The van der Waals surface area contributed by atoms with Crippen molar-refractivity contribution in [2.45, 2.75) is 0 Å². The number of anilines is 1. The number of nitrogens with zero attached hydrogens (tertiary/aromatic N) is 2. The van der Waals surface area contributed by atoms with E-state index in [0.29, 0.717) is 12.2 Å². The molecule has 1 aromatic rings. The summed E-state index contributed by atoms with van der Waals surface area (Å²) in [6.45, 7) is 0.217. The molecule has 0 saturated carbocycles. The second kappa shape index (κ2) is 5.26. The van der Waals surface area contributed by atoms with Crippen LogP contribution in [0.15, 0.2) is 18.2 Å². The van der Waals surface area contributed by atoms with E-state index in [0.717, 1.165) is 0 Å². The van der Waals surface area contributed by atoms with E-state index >= 15 is 0 Å². The van der Waals surface area contributed by atoms with Crippen molar-refractivity contribution in [3.63, 3.8) is 0 Å². The Bertz CT molecular complexity index is 446. The van der Waals surface area contributed by atoms with Crippen molar-refractivity contribution in [3.05, 3.63) is 33.9 Å². The molecule has 0 aromatic heterocycles. The fraction of sp³-hybridized carbons (Fsp3) is 0.300. The zero-order valence-electron chi connectivity index (χ0n) is 9.16. The van der Waals surface area contributed by atoms with Crippen molar-refractivity contribution in [2.75, 3.05) is 25.1 Å². The number of nitro benzene ring substituents is 1. The van der Waals surface area contributed by atoms with Crippen LogP contribution in [0.4, 0.5) is 11.4 Å². The molecular weight excluding hydrogens is 228 g/mol. The lowest BCUT2D eigenvalue weighted by molar-refractivity contribution is -0.385. The van der Waals surface area contributed by atoms with E-state index in [-0.39, 0.29) is 12.2 Å². The van der Waals surface area contributed by atoms with Crippen molar-refractivity contribution in [2.24, 2.45) is 0 Å². The van der Waals surface area contributed by atoms with Gasteiger partial charge in [0.15, 0.2) is 0 Å². The number of carboxylic acid groups (broad SMARTS) is 1. The number of carboxylic acids is 1. The van der Waals surface area contributed by atoms with Crippen LogP contribution in [0.3, 0.4) is 0 Å². The van der Waals surface area contributed by atoms with Crippen LogP contribution >= 0.6 is 0 Å². The van der Waals surface area contributed by atoms with Gasteiger partial charge in [0.25, 0.3) is 5.69 Å². The van der Waals surface area contributed by atoms with Gasteiger partial charge in [-0.2, -0.15) is 0 Å². The molecule has 92 valence electrons. The van der Waals surface area contributed by atoms with Gasteiger partial charge in [0, 0.05) is 25.3 Å². The molecule has 0 fully saturated rings. The van der Waals surface area contributed by atoms with Gasteiger partial charge in [-0.15, -0.1) is 0 Å². The van der Waals surface area contributed by atoms with E-state index in [1.54, 1.807) is 11.9 Å². The molecule has 0 amide bonds. The fourth-order valence-electron chi connectivity index (χ4n) is 1.37. The van der Waals surface area contributed by atoms with Crippen LogP contribution in [0.5, 0.6) is 0 Å². The zero-order chi connectivity index (χ0) is 13.0. The van der Waals surface area contributed by atoms with Crippen LogP contribution in [-0.2, 0) is 0 Å². The molecular formula is C10H12N2O5. The van der Waals surface area contributed by atoms with Crippen LogP contribution in [0, 0.1) is 10.1 Å². The van der Waals surface area contributed by atoms with Crippen molar-refractivity contribution >= 4 is 17.3 Å². The number of nitro groups is 1. The maximum atomic E-state index is 10.8. The highest BCUT2D eigenvalue weighted by atomic mass is 16.6. The number of aromatic carboxylic acids is 1. The number of aliphatic hydroxyl groups excluding tert-OH is 1. The molecule has 0 heterocycles. The highest BCUT2D eigenvalue weighted by molar-refractivity contribution is 5.93. The molecule has 2 N–H and O–H groups in total. The predicted octanol–water partition coefficient (Wildman–Crippen LogP) is 0.721. The highest BCUT2D eigenvalue weighted by Gasteiger charge is 2.20. The van der Waals surface area contributed by atoms with Gasteiger partial charge in [-0.1, -0.05) is 0 Å². The van der Waals surface area contributed by atoms with Gasteiger partial charge in [-0.3, -0.25) is 10.1 Å². The Morgan fingerprint density at radius 1 is 1.53 bits per heavy atom.